The van der Waals surface area contributed by atoms with E-state index in [0.29, 0.717) is 5.75 Å². The molecular weight excluding hydrogens is 238 g/mol. The maximum Gasteiger partial charge on any atom is 0.150 e. The molecule has 2 rings (SSSR count). The lowest BCUT2D eigenvalue weighted by Crippen LogP contribution is -2.26. The van der Waals surface area contributed by atoms with Crippen LogP contribution in [0.5, 0.6) is 0 Å². The monoisotopic (exact) mass is 257 g/mol. The van der Waals surface area contributed by atoms with Crippen molar-refractivity contribution in [3.05, 3.63) is 17.5 Å². The fourth-order valence-corrected chi connectivity index (χ4v) is 4.39. The van der Waals surface area contributed by atoms with Gasteiger partial charge in [0.1, 0.15) is 0 Å². The lowest BCUT2D eigenvalue weighted by atomic mass is 9.93. The third kappa shape index (κ3) is 2.37. The van der Waals surface area contributed by atoms with Crippen LogP contribution in [0.25, 0.3) is 0 Å². The van der Waals surface area contributed by atoms with Crippen LogP contribution in [-0.4, -0.2) is 36.8 Å². The van der Waals surface area contributed by atoms with Crippen molar-refractivity contribution in [1.29, 1.82) is 0 Å². The molecule has 1 fully saturated rings. The van der Waals surface area contributed by atoms with Crippen LogP contribution in [-0.2, 0) is 16.9 Å². The van der Waals surface area contributed by atoms with Gasteiger partial charge in [-0.25, -0.2) is 8.42 Å². The highest BCUT2D eigenvalue weighted by Gasteiger charge is 2.34. The van der Waals surface area contributed by atoms with E-state index in [1.807, 2.05) is 31.9 Å². The molecule has 1 aromatic heterocycles. The fourth-order valence-electron chi connectivity index (χ4n) is 2.55. The predicted molar refractivity (Wildman–Crippen MR) is 66.5 cm³/mol. The molecule has 2 heterocycles. The summed E-state index contributed by atoms with van der Waals surface area (Å²) in [6.45, 7) is 2.01. The molecule has 0 aromatic carbocycles. The van der Waals surface area contributed by atoms with E-state index in [1.165, 1.54) is 0 Å². The van der Waals surface area contributed by atoms with Crippen LogP contribution in [0.3, 0.4) is 0 Å². The van der Waals surface area contributed by atoms with Crippen LogP contribution in [0.1, 0.15) is 23.7 Å². The quantitative estimate of drug-likeness (QED) is 0.852. The van der Waals surface area contributed by atoms with Crippen molar-refractivity contribution in [2.24, 2.45) is 13.0 Å². The van der Waals surface area contributed by atoms with Crippen LogP contribution < -0.4 is 5.32 Å². The minimum Gasteiger partial charge on any atom is -0.313 e. The van der Waals surface area contributed by atoms with E-state index in [-0.39, 0.29) is 17.7 Å². The van der Waals surface area contributed by atoms with Gasteiger partial charge in [0.15, 0.2) is 9.84 Å². The molecule has 6 heteroatoms. The van der Waals surface area contributed by atoms with E-state index in [0.717, 1.165) is 17.7 Å². The second-order valence-electron chi connectivity index (χ2n) is 4.74. The molecule has 0 saturated carbocycles. The van der Waals surface area contributed by atoms with Crippen molar-refractivity contribution in [3.63, 3.8) is 0 Å². The molecule has 2 atom stereocenters. The first kappa shape index (κ1) is 12.6. The maximum absolute atomic E-state index is 11.5. The number of hydrogen-bond acceptors (Lipinski definition) is 4. The minimum absolute atomic E-state index is 0.0842. The summed E-state index contributed by atoms with van der Waals surface area (Å²) >= 11 is 0. The molecule has 1 aliphatic heterocycles. The first-order valence-electron chi connectivity index (χ1n) is 5.81. The molecule has 0 amide bonds. The second kappa shape index (κ2) is 4.42. The number of nitrogens with one attached hydrogen (secondary N) is 1. The van der Waals surface area contributed by atoms with Crippen molar-refractivity contribution < 1.29 is 8.42 Å². The van der Waals surface area contributed by atoms with E-state index in [2.05, 4.69) is 10.4 Å². The van der Waals surface area contributed by atoms with Crippen molar-refractivity contribution >= 4 is 9.84 Å². The Morgan fingerprint density at radius 1 is 1.59 bits per heavy atom. The lowest BCUT2D eigenvalue weighted by Gasteiger charge is -2.21. The standard InChI is InChI=1S/C11H19N3O2S/c1-8-10(6-13-14(8)3)11(12-2)9-4-5-17(15,16)7-9/h6,9,11-12H,4-5,7H2,1-3H3. The van der Waals surface area contributed by atoms with E-state index in [9.17, 15) is 8.42 Å². The Labute approximate surface area is 102 Å². The third-order valence-electron chi connectivity index (χ3n) is 3.66. The highest BCUT2D eigenvalue weighted by molar-refractivity contribution is 7.91. The fraction of sp³-hybridized carbons (Fsp3) is 0.727. The first-order chi connectivity index (χ1) is 7.94. The normalized spacial score (nSPS) is 25.0. The zero-order valence-corrected chi connectivity index (χ0v) is 11.3. The van der Waals surface area contributed by atoms with Gasteiger partial charge in [-0.05, 0) is 26.3 Å². The molecule has 1 aromatic rings. The van der Waals surface area contributed by atoms with Gasteiger partial charge in [0, 0.05) is 24.3 Å². The molecule has 96 valence electrons. The van der Waals surface area contributed by atoms with E-state index in [4.69, 9.17) is 0 Å². The van der Waals surface area contributed by atoms with Crippen LogP contribution >= 0.6 is 0 Å². The molecule has 0 bridgehead atoms. The molecule has 1 N–H and O–H groups in total. The zero-order valence-electron chi connectivity index (χ0n) is 10.5. The van der Waals surface area contributed by atoms with Crippen molar-refractivity contribution in [2.75, 3.05) is 18.6 Å². The molecule has 1 saturated heterocycles. The first-order valence-corrected chi connectivity index (χ1v) is 7.63. The average molecular weight is 257 g/mol. The van der Waals surface area contributed by atoms with E-state index < -0.39 is 9.84 Å². The summed E-state index contributed by atoms with van der Waals surface area (Å²) in [6, 6.07) is 0.0842. The summed E-state index contributed by atoms with van der Waals surface area (Å²) in [5.74, 6) is 0.759. The Kier molecular flexibility index (Phi) is 3.27. The van der Waals surface area contributed by atoms with Gasteiger partial charge in [0.05, 0.1) is 17.7 Å². The molecule has 0 spiro atoms. The minimum atomic E-state index is -2.83. The zero-order chi connectivity index (χ0) is 12.6. The van der Waals surface area contributed by atoms with Gasteiger partial charge in [0.2, 0.25) is 0 Å². The van der Waals surface area contributed by atoms with Gasteiger partial charge < -0.3 is 5.32 Å². The number of hydrogen-bond donors (Lipinski definition) is 1. The molecule has 17 heavy (non-hydrogen) atoms. The smallest absolute Gasteiger partial charge is 0.150 e. The van der Waals surface area contributed by atoms with Crippen LogP contribution in [0.4, 0.5) is 0 Å². The lowest BCUT2D eigenvalue weighted by molar-refractivity contribution is 0.416. The average Bonchev–Trinajstić information content (AvgIpc) is 2.77. The Morgan fingerprint density at radius 2 is 2.29 bits per heavy atom. The van der Waals surface area contributed by atoms with Crippen LogP contribution in [0, 0.1) is 12.8 Å². The topological polar surface area (TPSA) is 64.0 Å². The van der Waals surface area contributed by atoms with Gasteiger partial charge >= 0.3 is 0 Å². The number of aromatic nitrogens is 2. The summed E-state index contributed by atoms with van der Waals surface area (Å²) < 4.78 is 24.9. The highest BCUT2D eigenvalue weighted by Crippen LogP contribution is 2.32. The van der Waals surface area contributed by atoms with Gasteiger partial charge in [-0.15, -0.1) is 0 Å². The number of sulfone groups is 1. The summed E-state index contributed by atoms with van der Waals surface area (Å²) in [6.07, 6.45) is 2.57. The van der Waals surface area contributed by atoms with Crippen LogP contribution in [0.2, 0.25) is 0 Å². The summed E-state index contributed by atoms with van der Waals surface area (Å²) in [5, 5.41) is 7.45. The molecule has 0 aliphatic carbocycles. The van der Waals surface area contributed by atoms with Gasteiger partial charge in [-0.3, -0.25) is 4.68 Å². The second-order valence-corrected chi connectivity index (χ2v) is 6.97. The van der Waals surface area contributed by atoms with Crippen LogP contribution in [0.15, 0.2) is 6.20 Å². The number of rotatable bonds is 3. The maximum atomic E-state index is 11.5. The SMILES string of the molecule is CNC(c1cnn(C)c1C)C1CCS(=O)(=O)C1. The summed E-state index contributed by atoms with van der Waals surface area (Å²) in [5.41, 5.74) is 2.20. The number of nitrogens with zero attached hydrogens (tertiary/aromatic N) is 2. The summed E-state index contributed by atoms with van der Waals surface area (Å²) in [4.78, 5) is 0. The number of aryl methyl sites for hydroxylation is 1. The highest BCUT2D eigenvalue weighted by atomic mass is 32.2. The Bertz CT molecular complexity index is 507. The predicted octanol–water partition coefficient (Wildman–Crippen LogP) is 0.424. The molecule has 1 aliphatic rings. The van der Waals surface area contributed by atoms with E-state index in [1.54, 1.807) is 0 Å². The Morgan fingerprint density at radius 3 is 2.71 bits per heavy atom. The van der Waals surface area contributed by atoms with Gasteiger partial charge in [0.25, 0.3) is 0 Å². The van der Waals surface area contributed by atoms with Crippen molar-refractivity contribution in [2.45, 2.75) is 19.4 Å². The van der Waals surface area contributed by atoms with Gasteiger partial charge in [-0.2, -0.15) is 5.10 Å². The Hall–Kier alpha value is -0.880. The molecule has 5 nitrogen and oxygen atoms in total. The van der Waals surface area contributed by atoms with Crippen molar-refractivity contribution in [3.8, 4) is 0 Å². The largest absolute Gasteiger partial charge is 0.313 e. The molecular formula is C11H19N3O2S. The Balaban J connectivity index is 2.26. The summed E-state index contributed by atoms with van der Waals surface area (Å²) in [7, 11) is 0.945. The third-order valence-corrected chi connectivity index (χ3v) is 5.45. The molecule has 0 radical (unpaired) electrons. The van der Waals surface area contributed by atoms with E-state index >= 15 is 0 Å². The molecule has 2 unspecified atom stereocenters. The van der Waals surface area contributed by atoms with Crippen molar-refractivity contribution in [1.82, 2.24) is 15.1 Å². The van der Waals surface area contributed by atoms with Gasteiger partial charge in [-0.1, -0.05) is 0 Å².